The van der Waals surface area contributed by atoms with Crippen LogP contribution in [0.2, 0.25) is 5.02 Å². The van der Waals surface area contributed by atoms with Crippen molar-refractivity contribution in [3.8, 4) is 0 Å². The number of hydrogen-bond donors (Lipinski definition) is 1. The zero-order valence-corrected chi connectivity index (χ0v) is 12.9. The fraction of sp³-hybridized carbons (Fsp3) is 0.333. The van der Waals surface area contributed by atoms with Crippen LogP contribution in [0.5, 0.6) is 0 Å². The van der Waals surface area contributed by atoms with Gasteiger partial charge in [-0.3, -0.25) is 4.79 Å². The number of aliphatic hydroxyl groups is 1. The minimum atomic E-state index is -0.892. The van der Waals surface area contributed by atoms with Crippen LogP contribution >= 0.6 is 23.1 Å². The van der Waals surface area contributed by atoms with Crippen molar-refractivity contribution >= 4 is 29.0 Å². The van der Waals surface area contributed by atoms with Crippen molar-refractivity contribution in [2.24, 2.45) is 0 Å². The van der Waals surface area contributed by atoms with Crippen molar-refractivity contribution in [1.29, 1.82) is 0 Å². The molecule has 0 radical (unpaired) electrons. The van der Waals surface area contributed by atoms with Crippen molar-refractivity contribution < 1.29 is 9.90 Å². The molecule has 1 aromatic carbocycles. The van der Waals surface area contributed by atoms with Crippen LogP contribution in [0.1, 0.15) is 22.5 Å². The fourth-order valence-electron chi connectivity index (χ4n) is 2.69. The number of halogens is 1. The lowest BCUT2D eigenvalue weighted by Crippen LogP contribution is -2.37. The summed E-state index contributed by atoms with van der Waals surface area (Å²) >= 11 is 7.23. The monoisotopic (exact) mass is 322 g/mol. The Kier molecular flexibility index (Phi) is 3.97. The highest BCUT2D eigenvalue weighted by atomic mass is 35.5. The number of aromatic nitrogens is 1. The Bertz CT molecular complexity index is 647. The lowest BCUT2D eigenvalue weighted by molar-refractivity contribution is 0.0444. The van der Waals surface area contributed by atoms with Crippen LogP contribution in [0.15, 0.2) is 35.7 Å². The van der Waals surface area contributed by atoms with Gasteiger partial charge in [-0.1, -0.05) is 23.7 Å². The number of benzene rings is 1. The Hall–Kier alpha value is -1.43. The number of amides is 1. The molecule has 21 heavy (non-hydrogen) atoms. The van der Waals surface area contributed by atoms with Gasteiger partial charge < -0.3 is 10.0 Å². The minimum absolute atomic E-state index is 0.113. The van der Waals surface area contributed by atoms with Crippen molar-refractivity contribution in [1.82, 2.24) is 9.27 Å². The second kappa shape index (κ2) is 5.75. The second-order valence-corrected chi connectivity index (χ2v) is 6.49. The molecular weight excluding hydrogens is 308 g/mol. The van der Waals surface area contributed by atoms with Gasteiger partial charge in [0.15, 0.2) is 0 Å². The molecule has 1 aromatic heterocycles. The molecular formula is C15H15ClN2O2S. The first-order valence-corrected chi connectivity index (χ1v) is 7.94. The molecule has 0 saturated carbocycles. The highest BCUT2D eigenvalue weighted by Crippen LogP contribution is 2.27. The van der Waals surface area contributed by atoms with Gasteiger partial charge in [-0.15, -0.1) is 0 Å². The molecule has 0 bridgehead atoms. The van der Waals surface area contributed by atoms with E-state index in [4.69, 9.17) is 11.6 Å². The van der Waals surface area contributed by atoms with Crippen molar-refractivity contribution in [2.45, 2.75) is 18.4 Å². The summed E-state index contributed by atoms with van der Waals surface area (Å²) in [5.41, 5.74) is 0.538. The van der Waals surface area contributed by atoms with Crippen LogP contribution in [0.25, 0.3) is 0 Å². The van der Waals surface area contributed by atoms with Gasteiger partial charge in [-0.25, -0.2) is 0 Å². The minimum Gasteiger partial charge on any atom is -0.388 e. The summed E-state index contributed by atoms with van der Waals surface area (Å²) in [5.74, 6) is -0.113. The molecule has 1 unspecified atom stereocenters. The van der Waals surface area contributed by atoms with E-state index in [0.717, 1.165) is 5.56 Å². The molecule has 0 spiro atoms. The lowest BCUT2D eigenvalue weighted by atomic mass is 9.94. The third-order valence-electron chi connectivity index (χ3n) is 3.70. The molecule has 4 nitrogen and oxygen atoms in total. The second-order valence-electron chi connectivity index (χ2n) is 5.39. The van der Waals surface area contributed by atoms with E-state index in [2.05, 4.69) is 4.37 Å². The molecule has 2 heterocycles. The SMILES string of the molecule is O=C(c1ccsn1)N1CCC(O)(Cc2cccc(Cl)c2)C1. The number of nitrogens with zero attached hydrogens (tertiary/aromatic N) is 2. The van der Waals surface area contributed by atoms with Crippen LogP contribution in [0.3, 0.4) is 0 Å². The van der Waals surface area contributed by atoms with Gasteiger partial charge in [0.25, 0.3) is 5.91 Å². The summed E-state index contributed by atoms with van der Waals surface area (Å²) in [6, 6.07) is 9.18. The molecule has 1 saturated heterocycles. The first kappa shape index (κ1) is 14.5. The summed E-state index contributed by atoms with van der Waals surface area (Å²) in [7, 11) is 0. The number of likely N-dealkylation sites (tertiary alicyclic amines) is 1. The summed E-state index contributed by atoms with van der Waals surface area (Å²) in [6.07, 6.45) is 1.06. The summed E-state index contributed by atoms with van der Waals surface area (Å²) in [6.45, 7) is 0.878. The molecule has 2 aromatic rings. The molecule has 6 heteroatoms. The summed E-state index contributed by atoms with van der Waals surface area (Å²) in [5, 5.41) is 13.1. The molecule has 110 valence electrons. The van der Waals surface area contributed by atoms with Crippen molar-refractivity contribution in [3.63, 3.8) is 0 Å². The average molecular weight is 323 g/mol. The number of rotatable bonds is 3. The number of carbonyl (C=O) groups excluding carboxylic acids is 1. The molecule has 3 rings (SSSR count). The Balaban J connectivity index is 1.69. The Morgan fingerprint density at radius 2 is 2.33 bits per heavy atom. The third kappa shape index (κ3) is 3.26. The van der Waals surface area contributed by atoms with Crippen LogP contribution < -0.4 is 0 Å². The highest BCUT2D eigenvalue weighted by Gasteiger charge is 2.38. The van der Waals surface area contributed by atoms with Gasteiger partial charge in [0.1, 0.15) is 5.69 Å². The quantitative estimate of drug-likeness (QED) is 0.945. The lowest BCUT2D eigenvalue weighted by Gasteiger charge is -2.23. The van der Waals surface area contributed by atoms with Gasteiger partial charge in [0.05, 0.1) is 12.1 Å². The van der Waals surface area contributed by atoms with Crippen LogP contribution in [0.4, 0.5) is 0 Å². The molecule has 1 N–H and O–H groups in total. The van der Waals surface area contributed by atoms with Crippen molar-refractivity contribution in [3.05, 3.63) is 52.0 Å². The Morgan fingerprint density at radius 1 is 1.48 bits per heavy atom. The van der Waals surface area contributed by atoms with E-state index in [9.17, 15) is 9.90 Å². The van der Waals surface area contributed by atoms with E-state index in [1.807, 2.05) is 24.3 Å². The van der Waals surface area contributed by atoms with Crippen molar-refractivity contribution in [2.75, 3.05) is 13.1 Å². The van der Waals surface area contributed by atoms with E-state index in [1.165, 1.54) is 11.5 Å². The van der Waals surface area contributed by atoms with Gasteiger partial charge in [-0.2, -0.15) is 4.37 Å². The zero-order chi connectivity index (χ0) is 14.9. The average Bonchev–Trinajstić information content (AvgIpc) is 3.08. The Morgan fingerprint density at radius 3 is 3.05 bits per heavy atom. The topological polar surface area (TPSA) is 53.4 Å². The zero-order valence-electron chi connectivity index (χ0n) is 11.3. The van der Waals surface area contributed by atoms with Crippen LogP contribution in [0, 0.1) is 0 Å². The maximum atomic E-state index is 12.2. The number of β-amino-alcohol motifs (C(OH)–C–C–N with tert-alkyl or cyclic N) is 1. The van der Waals surface area contributed by atoms with E-state index < -0.39 is 5.60 Å². The first-order chi connectivity index (χ1) is 10.1. The molecule has 1 fully saturated rings. The summed E-state index contributed by atoms with van der Waals surface area (Å²) in [4.78, 5) is 13.9. The maximum Gasteiger partial charge on any atom is 0.273 e. The first-order valence-electron chi connectivity index (χ1n) is 6.72. The van der Waals surface area contributed by atoms with Gasteiger partial charge in [0.2, 0.25) is 0 Å². The number of hydrogen-bond acceptors (Lipinski definition) is 4. The van der Waals surface area contributed by atoms with Gasteiger partial charge in [0, 0.05) is 23.4 Å². The van der Waals surface area contributed by atoms with E-state index >= 15 is 0 Å². The molecule has 1 amide bonds. The van der Waals surface area contributed by atoms with E-state index in [1.54, 1.807) is 16.3 Å². The normalized spacial score (nSPS) is 21.7. The van der Waals surface area contributed by atoms with E-state index in [0.29, 0.717) is 36.6 Å². The van der Waals surface area contributed by atoms with Gasteiger partial charge in [-0.05, 0) is 41.7 Å². The molecule has 1 aliphatic rings. The highest BCUT2D eigenvalue weighted by molar-refractivity contribution is 7.03. The van der Waals surface area contributed by atoms with Gasteiger partial charge >= 0.3 is 0 Å². The molecule has 1 aliphatic heterocycles. The predicted octanol–water partition coefficient (Wildman–Crippen LogP) is 2.62. The van der Waals surface area contributed by atoms with Crippen LogP contribution in [-0.4, -0.2) is 39.0 Å². The smallest absolute Gasteiger partial charge is 0.273 e. The van der Waals surface area contributed by atoms with E-state index in [-0.39, 0.29) is 5.91 Å². The third-order valence-corrected chi connectivity index (χ3v) is 4.49. The standard InChI is InChI=1S/C15H15ClN2O2S/c16-12-3-1-2-11(8-12)9-15(20)5-6-18(10-15)14(19)13-4-7-21-17-13/h1-4,7-8,20H,5-6,9-10H2. The summed E-state index contributed by atoms with van der Waals surface area (Å²) < 4.78 is 4.06. The maximum absolute atomic E-state index is 12.2. The predicted molar refractivity (Wildman–Crippen MR) is 82.7 cm³/mol. The van der Waals surface area contributed by atoms with Crippen LogP contribution in [-0.2, 0) is 6.42 Å². The molecule has 1 atom stereocenters. The fourth-order valence-corrected chi connectivity index (χ4v) is 3.40. The largest absolute Gasteiger partial charge is 0.388 e. The molecule has 0 aliphatic carbocycles. The number of carbonyl (C=O) groups is 1. The Labute approximate surface area is 132 Å².